The summed E-state index contributed by atoms with van der Waals surface area (Å²) in [5.74, 6) is 0. The van der Waals surface area contributed by atoms with Crippen molar-refractivity contribution in [1.82, 2.24) is 0 Å². The molecule has 0 atom stereocenters. The molecule has 76 valence electrons. The number of phosphoric ester groups is 2. The van der Waals surface area contributed by atoms with Crippen LogP contribution in [0.5, 0.6) is 0 Å². The molecule has 0 bridgehead atoms. The monoisotopic (exact) mass is 238 g/mol. The van der Waals surface area contributed by atoms with Crippen LogP contribution >= 0.6 is 15.6 Å². The minimum atomic E-state index is -5.13. The Balaban J connectivity index is -0.000000605. The number of carbonyl (C=O) groups is 1. The number of hydrogen-bond donors (Lipinski definition) is 4. The normalized spacial score (nSPS) is 10.6. The van der Waals surface area contributed by atoms with E-state index in [1.54, 1.807) is 0 Å². The summed E-state index contributed by atoms with van der Waals surface area (Å²) in [4.78, 5) is 41.7. The second kappa shape index (κ2) is 7.11. The van der Waals surface area contributed by atoms with E-state index < -0.39 is 21.8 Å². The van der Waals surface area contributed by atoms with Gasteiger partial charge in [0.2, 0.25) is 0 Å². The third-order valence-electron chi connectivity index (χ3n) is 0.387. The molecule has 0 aliphatic carbocycles. The van der Waals surface area contributed by atoms with Crippen molar-refractivity contribution in [3.05, 3.63) is 0 Å². The van der Waals surface area contributed by atoms with Gasteiger partial charge in [0.1, 0.15) is 0 Å². The van der Waals surface area contributed by atoms with Gasteiger partial charge < -0.3 is 9.05 Å². The quantitative estimate of drug-likeness (QED) is 0.317. The third kappa shape index (κ3) is 15.2. The van der Waals surface area contributed by atoms with Gasteiger partial charge in [0.25, 0.3) is 0 Å². The van der Waals surface area contributed by atoms with Crippen molar-refractivity contribution >= 4 is 59.5 Å². The average Bonchev–Trinajstić information content (AvgIpc) is 1.49. The van der Waals surface area contributed by atoms with Crippen molar-refractivity contribution in [2.75, 3.05) is 0 Å². The second-order valence-electron chi connectivity index (χ2n) is 1.41. The molecule has 0 unspecified atom stereocenters. The Morgan fingerprint density at radius 1 is 0.857 bits per heavy atom. The molecular formula is CH6Li2O9P2. The van der Waals surface area contributed by atoms with E-state index in [1.807, 2.05) is 0 Å². The molecule has 9 nitrogen and oxygen atoms in total. The minimum absolute atomic E-state index is 0. The molecule has 0 fully saturated rings. The summed E-state index contributed by atoms with van der Waals surface area (Å²) in [7, 11) is -10.3. The fourth-order valence-electron chi connectivity index (χ4n) is 0.211. The third-order valence-corrected chi connectivity index (χ3v) is 1.16. The van der Waals surface area contributed by atoms with Crippen molar-refractivity contribution in [3.8, 4) is 0 Å². The topological polar surface area (TPSA) is 151 Å². The van der Waals surface area contributed by atoms with Crippen LogP contribution in [-0.2, 0) is 18.2 Å². The van der Waals surface area contributed by atoms with Crippen molar-refractivity contribution in [3.63, 3.8) is 0 Å². The SMILES string of the molecule is O=C(OP(=O)(O)O)OP(=O)(O)O.[LiH].[LiH]. The summed E-state index contributed by atoms with van der Waals surface area (Å²) in [5.41, 5.74) is 0. The molecule has 14 heavy (non-hydrogen) atoms. The van der Waals surface area contributed by atoms with Crippen molar-refractivity contribution < 1.29 is 42.5 Å². The van der Waals surface area contributed by atoms with Gasteiger partial charge in [-0.25, -0.2) is 13.9 Å². The number of phosphoric acid groups is 2. The average molecular weight is 238 g/mol. The van der Waals surface area contributed by atoms with Crippen molar-refractivity contribution in [2.24, 2.45) is 0 Å². The maximum absolute atomic E-state index is 10.0. The number of carbonyl (C=O) groups excluding carboxylic acids is 1. The molecule has 0 saturated heterocycles. The van der Waals surface area contributed by atoms with Gasteiger partial charge in [-0.2, -0.15) is 0 Å². The van der Waals surface area contributed by atoms with Crippen molar-refractivity contribution in [2.45, 2.75) is 0 Å². The maximum atomic E-state index is 10.0. The van der Waals surface area contributed by atoms with Crippen LogP contribution < -0.4 is 0 Å². The van der Waals surface area contributed by atoms with Crippen LogP contribution in [0.2, 0.25) is 0 Å². The first-order valence-electron chi connectivity index (χ1n) is 2.14. The van der Waals surface area contributed by atoms with Crippen LogP contribution in [0.25, 0.3) is 0 Å². The summed E-state index contributed by atoms with van der Waals surface area (Å²) in [6.07, 6.45) is -2.14. The van der Waals surface area contributed by atoms with Gasteiger partial charge >= 0.3 is 59.5 Å². The van der Waals surface area contributed by atoms with Crippen LogP contribution in [0.3, 0.4) is 0 Å². The van der Waals surface area contributed by atoms with E-state index in [4.69, 9.17) is 19.6 Å². The molecule has 0 amide bonds. The molecule has 0 spiro atoms. The first-order chi connectivity index (χ1) is 5.10. The first kappa shape index (κ1) is 20.2. The van der Waals surface area contributed by atoms with Crippen molar-refractivity contribution in [1.29, 1.82) is 0 Å². The summed E-state index contributed by atoms with van der Waals surface area (Å²) in [6, 6.07) is 0. The van der Waals surface area contributed by atoms with Crippen LogP contribution in [-0.4, -0.2) is 63.5 Å². The predicted octanol–water partition coefficient (Wildman–Crippen LogP) is -1.97. The predicted molar refractivity (Wildman–Crippen MR) is 46.0 cm³/mol. The second-order valence-corrected chi connectivity index (χ2v) is 3.74. The fraction of sp³-hybridized carbons (Fsp3) is 0. The van der Waals surface area contributed by atoms with Crippen LogP contribution in [0.4, 0.5) is 4.79 Å². The van der Waals surface area contributed by atoms with Crippen LogP contribution in [0.15, 0.2) is 0 Å². The van der Waals surface area contributed by atoms with Gasteiger partial charge in [-0.05, 0) is 0 Å². The van der Waals surface area contributed by atoms with Gasteiger partial charge in [-0.1, -0.05) is 0 Å². The van der Waals surface area contributed by atoms with E-state index in [9.17, 15) is 13.9 Å². The molecule has 0 aliphatic heterocycles. The van der Waals surface area contributed by atoms with Crippen LogP contribution in [0.1, 0.15) is 0 Å². The van der Waals surface area contributed by atoms with Gasteiger partial charge in [-0.15, -0.1) is 0 Å². The van der Waals surface area contributed by atoms with Gasteiger partial charge in [0, 0.05) is 0 Å². The Bertz CT molecular complexity index is 236. The Morgan fingerprint density at radius 2 is 1.07 bits per heavy atom. The molecule has 0 aromatic carbocycles. The standard InChI is InChI=1S/CH4O9P2.2Li.2H/c2-1(9-11(3,4)5)10-12(6,7)8;;;;/h(H2,3,4,5)(H2,6,7,8);;;;. The van der Waals surface area contributed by atoms with E-state index >= 15 is 0 Å². The number of hydrogen-bond acceptors (Lipinski definition) is 5. The zero-order valence-electron chi connectivity index (χ0n) is 5.22. The fourth-order valence-corrected chi connectivity index (χ4v) is 0.733. The summed E-state index contributed by atoms with van der Waals surface area (Å²) < 4.78 is 25.9. The van der Waals surface area contributed by atoms with E-state index in [2.05, 4.69) is 9.05 Å². The molecule has 0 aliphatic rings. The molecule has 4 N–H and O–H groups in total. The van der Waals surface area contributed by atoms with E-state index in [-0.39, 0.29) is 37.7 Å². The van der Waals surface area contributed by atoms with E-state index in [0.29, 0.717) is 0 Å². The zero-order valence-corrected chi connectivity index (χ0v) is 7.01. The summed E-state index contributed by atoms with van der Waals surface area (Å²) >= 11 is 0. The Morgan fingerprint density at radius 3 is 1.21 bits per heavy atom. The molecule has 0 aromatic rings. The van der Waals surface area contributed by atoms with Gasteiger partial charge in [0.15, 0.2) is 0 Å². The Kier molecular flexibility index (Phi) is 10.3. The molecular weight excluding hydrogens is 232 g/mol. The van der Waals surface area contributed by atoms with E-state index in [0.717, 1.165) is 0 Å². The van der Waals surface area contributed by atoms with Gasteiger partial charge in [-0.3, -0.25) is 19.6 Å². The molecule has 0 rings (SSSR count). The first-order valence-corrected chi connectivity index (χ1v) is 5.20. The summed E-state index contributed by atoms with van der Waals surface area (Å²) in [5, 5.41) is 0. The summed E-state index contributed by atoms with van der Waals surface area (Å²) in [6.45, 7) is 0. The molecule has 0 radical (unpaired) electrons. The molecule has 0 aromatic heterocycles. The molecule has 0 saturated carbocycles. The zero-order chi connectivity index (χ0) is 9.99. The Labute approximate surface area is 102 Å². The van der Waals surface area contributed by atoms with Crippen LogP contribution in [0, 0.1) is 0 Å². The Hall–Kier alpha value is 0.765. The molecule has 13 heteroatoms. The van der Waals surface area contributed by atoms with Gasteiger partial charge in [0.05, 0.1) is 0 Å². The number of rotatable bonds is 2. The molecule has 0 heterocycles. The van der Waals surface area contributed by atoms with E-state index in [1.165, 1.54) is 0 Å².